The molecule has 2 aromatic carbocycles. The molecule has 8 heteroatoms. The average Bonchev–Trinajstić information content (AvgIpc) is 2.71. The normalized spacial score (nSPS) is 10.2. The van der Waals surface area contributed by atoms with Crippen LogP contribution in [-0.2, 0) is 0 Å². The minimum atomic E-state index is -0.738. The van der Waals surface area contributed by atoms with Gasteiger partial charge in [-0.25, -0.2) is 4.79 Å². The number of aryl methyl sites for hydroxylation is 1. The van der Waals surface area contributed by atoms with Crippen molar-refractivity contribution in [2.24, 2.45) is 0 Å². The van der Waals surface area contributed by atoms with Crippen molar-refractivity contribution in [2.45, 2.75) is 13.8 Å². The second kappa shape index (κ2) is 9.18. The maximum atomic E-state index is 12.9. The lowest BCUT2D eigenvalue weighted by Gasteiger charge is -2.18. The van der Waals surface area contributed by atoms with Crippen molar-refractivity contribution in [1.82, 2.24) is 0 Å². The summed E-state index contributed by atoms with van der Waals surface area (Å²) < 4.78 is 32.0. The summed E-state index contributed by atoms with van der Waals surface area (Å²) >= 11 is 0. The number of carbonyl (C=O) groups excluding carboxylic acids is 2. The Hall–Kier alpha value is -3.42. The minimum Gasteiger partial charge on any atom is -0.493 e. The SMILES string of the molecule is COc1cc(C(=O)Oc2c(OC)c(OC)cc(C)c2C(C)=O)cc(OC)c1OC. The second-order valence-corrected chi connectivity index (χ2v) is 5.99. The quantitative estimate of drug-likeness (QED) is 0.375. The number of carbonyl (C=O) groups is 2. The number of ketones is 1. The molecular weight excluding hydrogens is 380 g/mol. The standard InChI is InChI=1S/C21H24O8/c1-11-8-14(24-3)19(28-7)20(17(11)12(2)22)29-21(23)13-9-15(25-4)18(27-6)16(10-13)26-5/h8-10H,1-7H3. The molecule has 0 aliphatic heterocycles. The number of hydrogen-bond donors (Lipinski definition) is 0. The Labute approximate surface area is 169 Å². The third-order valence-electron chi connectivity index (χ3n) is 4.27. The number of hydrogen-bond acceptors (Lipinski definition) is 8. The molecule has 0 aliphatic carbocycles. The zero-order valence-electron chi connectivity index (χ0n) is 17.5. The van der Waals surface area contributed by atoms with Crippen molar-refractivity contribution in [3.8, 4) is 34.5 Å². The smallest absolute Gasteiger partial charge is 0.343 e. The van der Waals surface area contributed by atoms with E-state index in [0.29, 0.717) is 28.6 Å². The highest BCUT2D eigenvalue weighted by molar-refractivity contribution is 6.02. The predicted molar refractivity (Wildman–Crippen MR) is 105 cm³/mol. The summed E-state index contributed by atoms with van der Waals surface area (Å²) in [5, 5.41) is 0. The fraction of sp³-hybridized carbons (Fsp3) is 0.333. The van der Waals surface area contributed by atoms with Crippen LogP contribution >= 0.6 is 0 Å². The van der Waals surface area contributed by atoms with Crippen molar-refractivity contribution < 1.29 is 38.0 Å². The number of Topliss-reactive ketones (excluding diaryl/α,β-unsaturated/α-hetero) is 1. The maximum absolute atomic E-state index is 12.9. The lowest BCUT2D eigenvalue weighted by atomic mass is 10.0. The Kier molecular flexibility index (Phi) is 6.93. The Bertz CT molecular complexity index is 908. The van der Waals surface area contributed by atoms with Crippen LogP contribution in [0.2, 0.25) is 0 Å². The van der Waals surface area contributed by atoms with Gasteiger partial charge in [-0.05, 0) is 37.6 Å². The van der Waals surface area contributed by atoms with Crippen molar-refractivity contribution in [3.05, 3.63) is 34.9 Å². The van der Waals surface area contributed by atoms with Crippen LogP contribution < -0.4 is 28.4 Å². The first-order chi connectivity index (χ1) is 13.8. The monoisotopic (exact) mass is 404 g/mol. The van der Waals surface area contributed by atoms with E-state index < -0.39 is 5.97 Å². The Morgan fingerprint density at radius 1 is 0.690 bits per heavy atom. The summed E-state index contributed by atoms with van der Waals surface area (Å²) in [6.45, 7) is 3.10. The molecule has 0 radical (unpaired) electrons. The number of esters is 1. The third kappa shape index (κ3) is 4.21. The van der Waals surface area contributed by atoms with E-state index in [0.717, 1.165) is 0 Å². The number of ether oxygens (including phenoxy) is 6. The van der Waals surface area contributed by atoms with Gasteiger partial charge in [-0.2, -0.15) is 0 Å². The highest BCUT2D eigenvalue weighted by Gasteiger charge is 2.26. The van der Waals surface area contributed by atoms with Gasteiger partial charge in [-0.1, -0.05) is 0 Å². The predicted octanol–water partition coefficient (Wildman–Crippen LogP) is 3.46. The summed E-state index contributed by atoms with van der Waals surface area (Å²) in [5.41, 5.74) is 0.947. The van der Waals surface area contributed by atoms with Crippen molar-refractivity contribution >= 4 is 11.8 Å². The molecule has 0 N–H and O–H groups in total. The van der Waals surface area contributed by atoms with Crippen LogP contribution in [0.3, 0.4) is 0 Å². The zero-order valence-corrected chi connectivity index (χ0v) is 17.5. The van der Waals surface area contributed by atoms with Gasteiger partial charge in [0.1, 0.15) is 0 Å². The Morgan fingerprint density at radius 3 is 1.59 bits per heavy atom. The van der Waals surface area contributed by atoms with Gasteiger partial charge in [0.15, 0.2) is 28.8 Å². The average molecular weight is 404 g/mol. The summed E-state index contributed by atoms with van der Waals surface area (Å²) in [6.07, 6.45) is 0. The molecule has 0 aliphatic rings. The van der Waals surface area contributed by atoms with Crippen molar-refractivity contribution in [2.75, 3.05) is 35.5 Å². The van der Waals surface area contributed by atoms with Crippen LogP contribution in [0.25, 0.3) is 0 Å². The summed E-state index contributed by atoms with van der Waals surface area (Å²) in [5.74, 6) is 0.362. The van der Waals surface area contributed by atoms with E-state index in [4.69, 9.17) is 28.4 Å². The molecule has 0 amide bonds. The lowest BCUT2D eigenvalue weighted by molar-refractivity contribution is 0.0726. The van der Waals surface area contributed by atoms with E-state index in [1.54, 1.807) is 13.0 Å². The molecule has 2 aromatic rings. The molecule has 0 heterocycles. The van der Waals surface area contributed by atoms with E-state index in [2.05, 4.69) is 0 Å². The largest absolute Gasteiger partial charge is 0.493 e. The third-order valence-corrected chi connectivity index (χ3v) is 4.27. The molecule has 2 rings (SSSR count). The molecule has 29 heavy (non-hydrogen) atoms. The van der Waals surface area contributed by atoms with E-state index in [9.17, 15) is 9.59 Å². The van der Waals surface area contributed by atoms with Gasteiger partial charge in [0.25, 0.3) is 0 Å². The maximum Gasteiger partial charge on any atom is 0.343 e. The van der Waals surface area contributed by atoms with Crippen LogP contribution in [0.5, 0.6) is 34.5 Å². The van der Waals surface area contributed by atoms with E-state index >= 15 is 0 Å². The van der Waals surface area contributed by atoms with Crippen LogP contribution in [0, 0.1) is 6.92 Å². The first kappa shape index (κ1) is 21.9. The van der Waals surface area contributed by atoms with Crippen LogP contribution in [0.4, 0.5) is 0 Å². The first-order valence-electron chi connectivity index (χ1n) is 8.61. The molecule has 0 unspecified atom stereocenters. The van der Waals surface area contributed by atoms with E-state index in [-0.39, 0.29) is 28.4 Å². The molecule has 0 fully saturated rings. The van der Waals surface area contributed by atoms with Gasteiger partial charge in [-0.3, -0.25) is 4.79 Å². The molecule has 0 saturated carbocycles. The van der Waals surface area contributed by atoms with Gasteiger partial charge in [0, 0.05) is 0 Å². The molecule has 0 spiro atoms. The fourth-order valence-electron chi connectivity index (χ4n) is 2.97. The number of rotatable bonds is 8. The molecule has 156 valence electrons. The lowest BCUT2D eigenvalue weighted by Crippen LogP contribution is -2.14. The van der Waals surface area contributed by atoms with Crippen LogP contribution in [-0.4, -0.2) is 47.3 Å². The summed E-state index contributed by atoms with van der Waals surface area (Å²) in [7, 11) is 7.19. The van der Waals surface area contributed by atoms with Gasteiger partial charge in [0.05, 0.1) is 46.7 Å². The van der Waals surface area contributed by atoms with E-state index in [1.165, 1.54) is 54.6 Å². The first-order valence-corrected chi connectivity index (χ1v) is 8.61. The molecule has 8 nitrogen and oxygen atoms in total. The van der Waals surface area contributed by atoms with E-state index in [1.807, 2.05) is 0 Å². The number of benzene rings is 2. The fourth-order valence-corrected chi connectivity index (χ4v) is 2.97. The van der Waals surface area contributed by atoms with Crippen molar-refractivity contribution in [1.29, 1.82) is 0 Å². The molecule has 0 atom stereocenters. The Morgan fingerprint density at radius 2 is 1.17 bits per heavy atom. The van der Waals surface area contributed by atoms with Gasteiger partial charge < -0.3 is 28.4 Å². The molecule has 0 saturated heterocycles. The second-order valence-electron chi connectivity index (χ2n) is 5.99. The summed E-state index contributed by atoms with van der Waals surface area (Å²) in [6, 6.07) is 4.56. The molecular formula is C21H24O8. The number of methoxy groups -OCH3 is 5. The minimum absolute atomic E-state index is 0.0180. The molecule has 0 bridgehead atoms. The zero-order chi connectivity index (χ0) is 21.7. The van der Waals surface area contributed by atoms with Crippen LogP contribution in [0.15, 0.2) is 18.2 Å². The Balaban J connectivity index is 2.61. The van der Waals surface area contributed by atoms with Crippen LogP contribution in [0.1, 0.15) is 33.2 Å². The highest BCUT2D eigenvalue weighted by Crippen LogP contribution is 2.43. The summed E-state index contributed by atoms with van der Waals surface area (Å²) in [4.78, 5) is 25.1. The molecule has 0 aromatic heterocycles. The van der Waals surface area contributed by atoms with Crippen molar-refractivity contribution in [3.63, 3.8) is 0 Å². The van der Waals surface area contributed by atoms with Gasteiger partial charge >= 0.3 is 5.97 Å². The highest BCUT2D eigenvalue weighted by atomic mass is 16.6. The van der Waals surface area contributed by atoms with Gasteiger partial charge in [-0.15, -0.1) is 0 Å². The van der Waals surface area contributed by atoms with Gasteiger partial charge in [0.2, 0.25) is 11.5 Å². The topological polar surface area (TPSA) is 89.5 Å².